The van der Waals surface area contributed by atoms with Crippen LogP contribution in [0.3, 0.4) is 0 Å². The monoisotopic (exact) mass is 438 g/mol. The zero-order valence-corrected chi connectivity index (χ0v) is 18.9. The Morgan fingerprint density at radius 3 is 2.67 bits per heavy atom. The Hall–Kier alpha value is -1.54. The van der Waals surface area contributed by atoms with Crippen molar-refractivity contribution in [2.45, 2.75) is 68.5 Å². The molecule has 3 aliphatic heterocycles. The third-order valence-electron chi connectivity index (χ3n) is 7.22. The molecule has 7 atom stereocenters. The van der Waals surface area contributed by atoms with Crippen LogP contribution in [-0.4, -0.2) is 79.6 Å². The maximum Gasteiger partial charge on any atom is 0.308 e. The number of hydrogen-bond donors (Lipinski definition) is 2. The molecule has 3 heterocycles. The Bertz CT molecular complexity index is 712. The van der Waals surface area contributed by atoms with Gasteiger partial charge in [-0.25, -0.2) is 0 Å². The highest BCUT2D eigenvalue weighted by atomic mass is 32.2. The summed E-state index contributed by atoms with van der Waals surface area (Å²) in [4.78, 5) is 43.0. The van der Waals surface area contributed by atoms with Crippen molar-refractivity contribution < 1.29 is 24.6 Å². The van der Waals surface area contributed by atoms with Gasteiger partial charge in [0.05, 0.1) is 29.2 Å². The number of hydrogen-bond acceptors (Lipinski definition) is 5. The number of carboxylic acids is 1. The lowest BCUT2D eigenvalue weighted by Gasteiger charge is -2.41. The molecule has 3 fully saturated rings. The zero-order chi connectivity index (χ0) is 22.2. The van der Waals surface area contributed by atoms with Gasteiger partial charge in [0.2, 0.25) is 11.8 Å². The summed E-state index contributed by atoms with van der Waals surface area (Å²) < 4.78 is -0.754. The Kier molecular flexibility index (Phi) is 6.87. The van der Waals surface area contributed by atoms with Gasteiger partial charge in [-0.15, -0.1) is 18.3 Å². The highest BCUT2D eigenvalue weighted by molar-refractivity contribution is 8.02. The van der Waals surface area contributed by atoms with Crippen LogP contribution in [0.5, 0.6) is 0 Å². The van der Waals surface area contributed by atoms with Crippen LogP contribution in [0.2, 0.25) is 0 Å². The lowest BCUT2D eigenvalue weighted by atomic mass is 9.66. The molecule has 7 nitrogen and oxygen atoms in total. The van der Waals surface area contributed by atoms with Crippen LogP contribution < -0.4 is 0 Å². The Balaban J connectivity index is 2.10. The summed E-state index contributed by atoms with van der Waals surface area (Å²) in [6, 6.07) is -1.25. The van der Waals surface area contributed by atoms with Crippen molar-refractivity contribution in [3.8, 4) is 0 Å². The third-order valence-corrected chi connectivity index (χ3v) is 9.30. The highest BCUT2D eigenvalue weighted by Crippen LogP contribution is 2.68. The van der Waals surface area contributed by atoms with Crippen molar-refractivity contribution in [3.63, 3.8) is 0 Å². The standard InChI is InChI=1S/C22H34N2O5S/c1-5-8-10-23(9-6-2)20(27)18-22-13(4)11-15(30-22)16(21(28)29)17(22)19(26)24(18)14(7-3)12-25/h6,13-18,25H,2,5,7-12H2,1,3-4H3,(H,28,29)/t13?,14-,15+,16-,17-,18?,22?/m0/s1. The van der Waals surface area contributed by atoms with E-state index in [2.05, 4.69) is 13.5 Å². The number of fused-ring (bicyclic) bond motifs is 1. The van der Waals surface area contributed by atoms with Gasteiger partial charge in [0.15, 0.2) is 0 Å². The number of carboxylic acid groups (broad SMARTS) is 1. The first-order valence-corrected chi connectivity index (χ1v) is 11.9. The molecular formula is C22H34N2O5S. The van der Waals surface area contributed by atoms with Gasteiger partial charge in [-0.3, -0.25) is 14.4 Å². The lowest BCUT2D eigenvalue weighted by Crippen LogP contribution is -2.59. The van der Waals surface area contributed by atoms with Crippen molar-refractivity contribution in [2.24, 2.45) is 17.8 Å². The summed E-state index contributed by atoms with van der Waals surface area (Å²) in [5.41, 5.74) is 0. The molecule has 0 aromatic carbocycles. The molecule has 2 amide bonds. The first kappa shape index (κ1) is 23.1. The molecule has 0 aromatic heterocycles. The number of amides is 2. The molecule has 2 N–H and O–H groups in total. The van der Waals surface area contributed by atoms with E-state index >= 15 is 0 Å². The number of rotatable bonds is 10. The quantitative estimate of drug-likeness (QED) is 0.506. The minimum absolute atomic E-state index is 0.0453. The Morgan fingerprint density at radius 1 is 1.43 bits per heavy atom. The van der Waals surface area contributed by atoms with Gasteiger partial charge in [0, 0.05) is 18.3 Å². The molecule has 1 spiro atoms. The molecule has 0 saturated carbocycles. The molecule has 0 aromatic rings. The number of unbranched alkanes of at least 4 members (excludes halogenated alkanes) is 1. The maximum absolute atomic E-state index is 13.9. The Labute approximate surface area is 182 Å². The number of aliphatic hydroxyl groups excluding tert-OH is 1. The zero-order valence-electron chi connectivity index (χ0n) is 18.1. The smallest absolute Gasteiger partial charge is 0.308 e. The largest absolute Gasteiger partial charge is 0.481 e. The van der Waals surface area contributed by atoms with Crippen LogP contribution in [-0.2, 0) is 14.4 Å². The molecule has 3 saturated heterocycles. The number of carbonyl (C=O) groups excluding carboxylic acids is 2. The summed E-state index contributed by atoms with van der Waals surface area (Å²) in [7, 11) is 0. The SMILES string of the molecule is C=CCN(CCCC)C(=O)C1N([C@@H](CC)CO)C(=O)[C@@H]2[C@@H](C(=O)O)[C@H]3CC(C)C12S3. The van der Waals surface area contributed by atoms with Gasteiger partial charge in [0.25, 0.3) is 0 Å². The molecule has 30 heavy (non-hydrogen) atoms. The molecule has 3 unspecified atom stereocenters. The summed E-state index contributed by atoms with van der Waals surface area (Å²) in [6.07, 6.45) is 4.66. The molecular weight excluding hydrogens is 404 g/mol. The van der Waals surface area contributed by atoms with Gasteiger partial charge in [0.1, 0.15) is 6.04 Å². The predicted octanol–water partition coefficient (Wildman–Crippen LogP) is 1.99. The first-order chi connectivity index (χ1) is 14.3. The van der Waals surface area contributed by atoms with Crippen LogP contribution in [0.4, 0.5) is 0 Å². The van der Waals surface area contributed by atoms with E-state index in [-0.39, 0.29) is 29.6 Å². The summed E-state index contributed by atoms with van der Waals surface area (Å²) in [5, 5.41) is 19.8. The van der Waals surface area contributed by atoms with E-state index in [0.717, 1.165) is 12.8 Å². The predicted molar refractivity (Wildman–Crippen MR) is 116 cm³/mol. The summed E-state index contributed by atoms with van der Waals surface area (Å²) in [6.45, 7) is 10.5. The van der Waals surface area contributed by atoms with Gasteiger partial charge < -0.3 is 20.0 Å². The molecule has 3 aliphatic rings. The number of nitrogens with zero attached hydrogens (tertiary/aromatic N) is 2. The number of aliphatic carboxylic acids is 1. The molecule has 0 aliphatic carbocycles. The fourth-order valence-corrected chi connectivity index (χ4v) is 8.19. The lowest BCUT2D eigenvalue weighted by molar-refractivity contribution is -0.150. The topological polar surface area (TPSA) is 98.2 Å². The van der Waals surface area contributed by atoms with E-state index < -0.39 is 34.6 Å². The third kappa shape index (κ3) is 3.27. The second-order valence-corrected chi connectivity index (χ2v) is 10.4. The number of aliphatic hydroxyl groups is 1. The van der Waals surface area contributed by atoms with Gasteiger partial charge in [-0.1, -0.05) is 33.3 Å². The van der Waals surface area contributed by atoms with Crippen LogP contribution in [0.25, 0.3) is 0 Å². The van der Waals surface area contributed by atoms with Gasteiger partial charge in [-0.05, 0) is 25.2 Å². The van der Waals surface area contributed by atoms with Crippen LogP contribution in [0.15, 0.2) is 12.7 Å². The van der Waals surface area contributed by atoms with Crippen molar-refractivity contribution in [2.75, 3.05) is 19.7 Å². The van der Waals surface area contributed by atoms with E-state index in [9.17, 15) is 24.6 Å². The molecule has 3 rings (SSSR count). The number of carbonyl (C=O) groups is 3. The Morgan fingerprint density at radius 2 is 2.13 bits per heavy atom. The first-order valence-electron chi connectivity index (χ1n) is 11.0. The van der Waals surface area contributed by atoms with Crippen molar-refractivity contribution in [1.29, 1.82) is 0 Å². The second-order valence-electron chi connectivity index (χ2n) is 8.81. The molecule has 0 radical (unpaired) electrons. The van der Waals surface area contributed by atoms with Gasteiger partial charge in [-0.2, -0.15) is 0 Å². The number of thioether (sulfide) groups is 1. The van der Waals surface area contributed by atoms with Gasteiger partial charge >= 0.3 is 5.97 Å². The van der Waals surface area contributed by atoms with Crippen LogP contribution in [0, 0.1) is 17.8 Å². The van der Waals surface area contributed by atoms with Crippen LogP contribution in [0.1, 0.15) is 46.5 Å². The van der Waals surface area contributed by atoms with Crippen molar-refractivity contribution in [3.05, 3.63) is 12.7 Å². The summed E-state index contributed by atoms with van der Waals surface area (Å²) in [5.74, 6) is -2.84. The average molecular weight is 439 g/mol. The second kappa shape index (κ2) is 8.91. The van der Waals surface area contributed by atoms with E-state index in [0.29, 0.717) is 25.9 Å². The maximum atomic E-state index is 13.9. The highest BCUT2D eigenvalue weighted by Gasteiger charge is 2.76. The summed E-state index contributed by atoms with van der Waals surface area (Å²) >= 11 is 1.54. The fraction of sp³-hybridized carbons (Fsp3) is 0.773. The fourth-order valence-electron chi connectivity index (χ4n) is 5.80. The van der Waals surface area contributed by atoms with E-state index in [1.165, 1.54) is 11.8 Å². The average Bonchev–Trinajstić information content (AvgIpc) is 3.30. The minimum Gasteiger partial charge on any atom is -0.481 e. The molecule has 2 bridgehead atoms. The van der Waals surface area contributed by atoms with Crippen LogP contribution >= 0.6 is 11.8 Å². The normalized spacial score (nSPS) is 35.4. The molecule has 168 valence electrons. The van der Waals surface area contributed by atoms with E-state index in [4.69, 9.17) is 0 Å². The van der Waals surface area contributed by atoms with E-state index in [1.54, 1.807) is 15.9 Å². The minimum atomic E-state index is -0.960. The van der Waals surface area contributed by atoms with Crippen molar-refractivity contribution >= 4 is 29.5 Å². The van der Waals surface area contributed by atoms with Crippen molar-refractivity contribution in [1.82, 2.24) is 9.80 Å². The molecule has 8 heteroatoms. The number of likely N-dealkylation sites (tertiary alicyclic amines) is 1. The van der Waals surface area contributed by atoms with E-state index in [1.807, 2.05) is 13.8 Å².